The van der Waals surface area contributed by atoms with E-state index in [4.69, 9.17) is 16.2 Å². The van der Waals surface area contributed by atoms with E-state index in [0.717, 1.165) is 4.47 Å². The van der Waals surface area contributed by atoms with Crippen molar-refractivity contribution >= 4 is 21.9 Å². The third kappa shape index (κ3) is 3.74. The van der Waals surface area contributed by atoms with Crippen LogP contribution in [0.15, 0.2) is 52.4 Å². The first-order chi connectivity index (χ1) is 7.63. The predicted molar refractivity (Wildman–Crippen MR) is 66.7 cm³/mol. The van der Waals surface area contributed by atoms with Crippen LogP contribution >= 0.6 is 15.9 Å². The zero-order valence-corrected chi connectivity index (χ0v) is 10.0. The van der Waals surface area contributed by atoms with Crippen LogP contribution in [0.1, 0.15) is 0 Å². The zero-order valence-electron chi connectivity index (χ0n) is 8.43. The fourth-order valence-corrected chi connectivity index (χ4v) is 1.15. The van der Waals surface area contributed by atoms with Gasteiger partial charge < -0.3 is 16.2 Å². The van der Waals surface area contributed by atoms with E-state index in [1.54, 1.807) is 12.3 Å². The topological polar surface area (TPSA) is 86.5 Å². The zero-order chi connectivity index (χ0) is 12.0. The molecule has 1 rings (SSSR count). The summed E-state index contributed by atoms with van der Waals surface area (Å²) in [6, 6.07) is 3.59. The Morgan fingerprint density at radius 2 is 2.31 bits per heavy atom. The summed E-state index contributed by atoms with van der Waals surface area (Å²) in [5, 5.41) is 0. The third-order valence-corrected chi connectivity index (χ3v) is 2.08. The highest BCUT2D eigenvalue weighted by molar-refractivity contribution is 9.10. The standard InChI is InChI=1S/C10H11BrN4O/c1-2-7(6-15-10(12)13)16-9-8(11)4-3-5-14-9/h2-6H,1H2,(H4,12,13,15)/b7-6+. The molecular formula is C10H11BrN4O. The van der Waals surface area contributed by atoms with Crippen LogP contribution < -0.4 is 16.2 Å². The highest BCUT2D eigenvalue weighted by Crippen LogP contribution is 2.22. The third-order valence-electron chi connectivity index (χ3n) is 1.48. The lowest BCUT2D eigenvalue weighted by Gasteiger charge is -2.05. The number of rotatable bonds is 4. The normalized spacial score (nSPS) is 10.7. The Kier molecular flexibility index (Phi) is 4.53. The second kappa shape index (κ2) is 5.92. The minimum absolute atomic E-state index is 0.0527. The van der Waals surface area contributed by atoms with E-state index in [9.17, 15) is 0 Å². The highest BCUT2D eigenvalue weighted by atomic mass is 79.9. The number of nitrogens with zero attached hydrogens (tertiary/aromatic N) is 2. The van der Waals surface area contributed by atoms with E-state index >= 15 is 0 Å². The average molecular weight is 283 g/mol. The van der Waals surface area contributed by atoms with Crippen molar-refractivity contribution in [2.75, 3.05) is 0 Å². The van der Waals surface area contributed by atoms with Crippen molar-refractivity contribution in [3.63, 3.8) is 0 Å². The summed E-state index contributed by atoms with van der Waals surface area (Å²) in [7, 11) is 0. The Labute approximate surface area is 102 Å². The van der Waals surface area contributed by atoms with E-state index in [-0.39, 0.29) is 5.96 Å². The second-order valence-corrected chi connectivity index (χ2v) is 3.54. The second-order valence-electron chi connectivity index (χ2n) is 2.68. The van der Waals surface area contributed by atoms with E-state index in [1.165, 1.54) is 12.3 Å². The van der Waals surface area contributed by atoms with Gasteiger partial charge in [-0.05, 0) is 34.1 Å². The first-order valence-corrected chi connectivity index (χ1v) is 5.12. The molecule has 84 valence electrons. The van der Waals surface area contributed by atoms with Crippen molar-refractivity contribution in [1.29, 1.82) is 0 Å². The van der Waals surface area contributed by atoms with Gasteiger partial charge in [0.05, 0.1) is 10.7 Å². The fraction of sp³-hybridized carbons (Fsp3) is 0. The molecule has 1 heterocycles. The van der Waals surface area contributed by atoms with Crippen LogP contribution in [0.5, 0.6) is 5.88 Å². The molecule has 1 aromatic heterocycles. The largest absolute Gasteiger partial charge is 0.436 e. The molecule has 0 spiro atoms. The monoisotopic (exact) mass is 282 g/mol. The average Bonchev–Trinajstić information content (AvgIpc) is 2.26. The van der Waals surface area contributed by atoms with E-state index in [0.29, 0.717) is 11.6 Å². The minimum Gasteiger partial charge on any atom is -0.436 e. The molecule has 0 fully saturated rings. The Hall–Kier alpha value is -1.82. The van der Waals surface area contributed by atoms with Crippen LogP contribution in [0, 0.1) is 0 Å². The number of guanidine groups is 1. The van der Waals surface area contributed by atoms with Gasteiger partial charge >= 0.3 is 0 Å². The van der Waals surface area contributed by atoms with Crippen LogP contribution in [0.25, 0.3) is 0 Å². The molecule has 0 saturated heterocycles. The lowest BCUT2D eigenvalue weighted by atomic mass is 10.5. The number of pyridine rings is 1. The predicted octanol–water partition coefficient (Wildman–Crippen LogP) is 1.52. The number of allylic oxidation sites excluding steroid dienone is 1. The maximum absolute atomic E-state index is 5.41. The SMILES string of the molecule is C=C/C(=C\N=C(N)N)Oc1ncccc1Br. The minimum atomic E-state index is -0.0527. The van der Waals surface area contributed by atoms with Crippen molar-refractivity contribution in [3.05, 3.63) is 47.4 Å². The molecule has 0 bridgehead atoms. The van der Waals surface area contributed by atoms with Crippen molar-refractivity contribution in [2.45, 2.75) is 0 Å². The van der Waals surface area contributed by atoms with Crippen LogP contribution in [-0.4, -0.2) is 10.9 Å². The van der Waals surface area contributed by atoms with Gasteiger partial charge in [-0.15, -0.1) is 0 Å². The number of aromatic nitrogens is 1. The molecule has 0 aliphatic carbocycles. The van der Waals surface area contributed by atoms with Crippen molar-refractivity contribution in [3.8, 4) is 5.88 Å². The van der Waals surface area contributed by atoms with Crippen LogP contribution in [0.4, 0.5) is 0 Å². The summed E-state index contributed by atoms with van der Waals surface area (Å²) in [5.41, 5.74) is 10.4. The molecule has 0 aromatic carbocycles. The molecule has 0 amide bonds. The molecule has 0 saturated carbocycles. The van der Waals surface area contributed by atoms with Gasteiger partial charge in [-0.25, -0.2) is 9.98 Å². The summed E-state index contributed by atoms with van der Waals surface area (Å²) in [4.78, 5) is 7.72. The molecule has 5 nitrogen and oxygen atoms in total. The first-order valence-electron chi connectivity index (χ1n) is 4.33. The maximum Gasteiger partial charge on any atom is 0.233 e. The number of ether oxygens (including phenoxy) is 1. The Morgan fingerprint density at radius 1 is 1.56 bits per heavy atom. The molecular weight excluding hydrogens is 272 g/mol. The number of halogens is 1. The Balaban J connectivity index is 2.87. The van der Waals surface area contributed by atoms with Gasteiger partial charge in [0, 0.05) is 6.20 Å². The molecule has 0 aliphatic rings. The summed E-state index contributed by atoms with van der Waals surface area (Å²) >= 11 is 3.30. The number of hydrogen-bond donors (Lipinski definition) is 2. The van der Waals surface area contributed by atoms with Gasteiger partial charge in [-0.2, -0.15) is 0 Å². The highest BCUT2D eigenvalue weighted by Gasteiger charge is 2.02. The molecule has 4 N–H and O–H groups in total. The van der Waals surface area contributed by atoms with Crippen LogP contribution in [0.2, 0.25) is 0 Å². The molecule has 1 aromatic rings. The van der Waals surface area contributed by atoms with E-state index in [2.05, 4.69) is 32.5 Å². The number of nitrogens with two attached hydrogens (primary N) is 2. The first kappa shape index (κ1) is 12.3. The van der Waals surface area contributed by atoms with Gasteiger partial charge in [0.1, 0.15) is 5.76 Å². The van der Waals surface area contributed by atoms with Gasteiger partial charge in [0.25, 0.3) is 0 Å². The van der Waals surface area contributed by atoms with Crippen LogP contribution in [0.3, 0.4) is 0 Å². The molecule has 0 atom stereocenters. The van der Waals surface area contributed by atoms with E-state index in [1.807, 2.05) is 6.07 Å². The fourth-order valence-electron chi connectivity index (χ4n) is 0.817. The van der Waals surface area contributed by atoms with Gasteiger partial charge in [-0.1, -0.05) is 6.58 Å². The molecule has 16 heavy (non-hydrogen) atoms. The van der Waals surface area contributed by atoms with Crippen molar-refractivity contribution < 1.29 is 4.74 Å². The number of hydrogen-bond acceptors (Lipinski definition) is 3. The van der Waals surface area contributed by atoms with Crippen molar-refractivity contribution in [1.82, 2.24) is 4.98 Å². The number of aliphatic imine (C=N–C) groups is 1. The van der Waals surface area contributed by atoms with Crippen molar-refractivity contribution in [2.24, 2.45) is 16.5 Å². The Bertz CT molecular complexity index is 438. The lowest BCUT2D eigenvalue weighted by Crippen LogP contribution is -2.21. The maximum atomic E-state index is 5.41. The van der Waals surface area contributed by atoms with Crippen LogP contribution in [-0.2, 0) is 0 Å². The van der Waals surface area contributed by atoms with Gasteiger partial charge in [0.2, 0.25) is 5.88 Å². The van der Waals surface area contributed by atoms with E-state index < -0.39 is 0 Å². The van der Waals surface area contributed by atoms with Gasteiger partial charge in [-0.3, -0.25) is 0 Å². The molecule has 6 heteroatoms. The summed E-state index contributed by atoms with van der Waals surface area (Å²) < 4.78 is 6.14. The molecule has 0 radical (unpaired) electrons. The molecule has 0 aliphatic heterocycles. The Morgan fingerprint density at radius 3 is 2.88 bits per heavy atom. The quantitative estimate of drug-likeness (QED) is 0.379. The smallest absolute Gasteiger partial charge is 0.233 e. The van der Waals surface area contributed by atoms with Gasteiger partial charge in [0.15, 0.2) is 5.96 Å². The summed E-state index contributed by atoms with van der Waals surface area (Å²) in [5.74, 6) is 0.760. The summed E-state index contributed by atoms with van der Waals surface area (Å²) in [6.45, 7) is 3.58. The lowest BCUT2D eigenvalue weighted by molar-refractivity contribution is 0.422. The summed E-state index contributed by atoms with van der Waals surface area (Å²) in [6.07, 6.45) is 4.46. The molecule has 0 unspecified atom stereocenters.